The summed E-state index contributed by atoms with van der Waals surface area (Å²) in [6.07, 6.45) is 0.346. The Morgan fingerprint density at radius 2 is 1.73 bits per heavy atom. The highest BCUT2D eigenvalue weighted by atomic mass is 16.5. The third-order valence-electron chi connectivity index (χ3n) is 1.65. The zero-order valence-corrected chi connectivity index (χ0v) is 8.42. The number of ether oxygens (including phenoxy) is 1. The van der Waals surface area contributed by atoms with Crippen molar-refractivity contribution in [2.75, 3.05) is 27.2 Å². The van der Waals surface area contributed by atoms with Crippen LogP contribution < -0.4 is 0 Å². The first kappa shape index (κ1) is 10.9. The van der Waals surface area contributed by atoms with Gasteiger partial charge in [0.25, 0.3) is 0 Å². The smallest absolute Gasteiger partial charge is 0.0669 e. The lowest BCUT2D eigenvalue weighted by atomic mass is 10.2. The molecule has 2 nitrogen and oxygen atoms in total. The third kappa shape index (κ3) is 6.32. The van der Waals surface area contributed by atoms with Crippen molar-refractivity contribution in [1.82, 2.24) is 4.90 Å². The second-order valence-electron chi connectivity index (χ2n) is 3.66. The molecule has 0 aromatic heterocycles. The minimum atomic E-state index is 0.346. The molecular formula is C9H21NO. The standard InChI is InChI=1S/C9H21NO/c1-8(2)6-10(4)7-9(3)11-5/h8-9H,6-7H2,1-5H3/t9-/m0/s1. The van der Waals surface area contributed by atoms with Gasteiger partial charge >= 0.3 is 0 Å². The Hall–Kier alpha value is -0.0800. The average molecular weight is 159 g/mol. The first-order valence-corrected chi connectivity index (χ1v) is 4.27. The van der Waals surface area contributed by atoms with Crippen LogP contribution in [0, 0.1) is 5.92 Å². The van der Waals surface area contributed by atoms with Gasteiger partial charge in [-0.15, -0.1) is 0 Å². The van der Waals surface area contributed by atoms with Crippen molar-refractivity contribution in [1.29, 1.82) is 0 Å². The number of hydrogen-bond donors (Lipinski definition) is 0. The summed E-state index contributed by atoms with van der Waals surface area (Å²) in [5.74, 6) is 0.740. The average Bonchev–Trinajstić information content (AvgIpc) is 1.85. The minimum Gasteiger partial charge on any atom is -0.380 e. The van der Waals surface area contributed by atoms with Gasteiger partial charge in [0.05, 0.1) is 6.10 Å². The van der Waals surface area contributed by atoms with E-state index in [0.29, 0.717) is 6.10 Å². The van der Waals surface area contributed by atoms with E-state index < -0.39 is 0 Å². The van der Waals surface area contributed by atoms with Gasteiger partial charge in [0.2, 0.25) is 0 Å². The molecule has 2 heteroatoms. The number of nitrogens with zero attached hydrogens (tertiary/aromatic N) is 1. The summed E-state index contributed by atoms with van der Waals surface area (Å²) in [7, 11) is 3.89. The normalized spacial score (nSPS) is 14.5. The molecule has 0 aliphatic heterocycles. The van der Waals surface area contributed by atoms with Crippen LogP contribution in [-0.2, 0) is 4.74 Å². The van der Waals surface area contributed by atoms with Gasteiger partial charge in [-0.2, -0.15) is 0 Å². The molecule has 0 heterocycles. The van der Waals surface area contributed by atoms with Gasteiger partial charge in [-0.05, 0) is 19.9 Å². The van der Waals surface area contributed by atoms with E-state index in [9.17, 15) is 0 Å². The van der Waals surface area contributed by atoms with Crippen molar-refractivity contribution in [2.24, 2.45) is 5.92 Å². The fourth-order valence-electron chi connectivity index (χ4n) is 1.21. The molecule has 68 valence electrons. The second kappa shape index (κ2) is 5.56. The SMILES string of the molecule is CO[C@@H](C)CN(C)CC(C)C. The summed E-state index contributed by atoms with van der Waals surface area (Å²) in [4.78, 5) is 2.30. The maximum absolute atomic E-state index is 5.16. The van der Waals surface area contributed by atoms with Gasteiger partial charge in [-0.1, -0.05) is 13.8 Å². The van der Waals surface area contributed by atoms with E-state index in [1.165, 1.54) is 0 Å². The van der Waals surface area contributed by atoms with Crippen LogP contribution in [0.3, 0.4) is 0 Å². The van der Waals surface area contributed by atoms with Crippen LogP contribution in [0.1, 0.15) is 20.8 Å². The molecule has 0 fully saturated rings. The summed E-state index contributed by atoms with van der Waals surface area (Å²) < 4.78 is 5.16. The largest absolute Gasteiger partial charge is 0.380 e. The number of hydrogen-bond acceptors (Lipinski definition) is 2. The molecule has 0 aromatic carbocycles. The molecule has 0 saturated heterocycles. The molecule has 0 aromatic rings. The van der Waals surface area contributed by atoms with Crippen LogP contribution in [0.5, 0.6) is 0 Å². The van der Waals surface area contributed by atoms with Crippen molar-refractivity contribution in [3.05, 3.63) is 0 Å². The number of likely N-dealkylation sites (N-methyl/N-ethyl adjacent to an activating group) is 1. The van der Waals surface area contributed by atoms with E-state index in [-0.39, 0.29) is 0 Å². The molecule has 0 radical (unpaired) electrons. The van der Waals surface area contributed by atoms with E-state index >= 15 is 0 Å². The maximum atomic E-state index is 5.16. The zero-order chi connectivity index (χ0) is 8.85. The van der Waals surface area contributed by atoms with Gasteiger partial charge in [-0.25, -0.2) is 0 Å². The highest BCUT2D eigenvalue weighted by molar-refractivity contribution is 4.59. The van der Waals surface area contributed by atoms with Gasteiger partial charge in [0.15, 0.2) is 0 Å². The van der Waals surface area contributed by atoms with E-state index in [0.717, 1.165) is 19.0 Å². The quantitative estimate of drug-likeness (QED) is 0.604. The summed E-state index contributed by atoms with van der Waals surface area (Å²) in [6.45, 7) is 8.72. The van der Waals surface area contributed by atoms with Crippen LogP contribution in [0.4, 0.5) is 0 Å². The van der Waals surface area contributed by atoms with Gasteiger partial charge in [-0.3, -0.25) is 0 Å². The molecule has 0 aliphatic rings. The minimum absolute atomic E-state index is 0.346. The molecule has 11 heavy (non-hydrogen) atoms. The molecule has 0 N–H and O–H groups in total. The number of methoxy groups -OCH3 is 1. The van der Waals surface area contributed by atoms with E-state index in [2.05, 4.69) is 32.7 Å². The van der Waals surface area contributed by atoms with Crippen LogP contribution in [0.2, 0.25) is 0 Å². The molecular weight excluding hydrogens is 138 g/mol. The Kier molecular flexibility index (Phi) is 5.51. The first-order chi connectivity index (χ1) is 5.06. The highest BCUT2D eigenvalue weighted by Gasteiger charge is 2.05. The molecule has 0 aliphatic carbocycles. The summed E-state index contributed by atoms with van der Waals surface area (Å²) in [5.41, 5.74) is 0. The third-order valence-corrected chi connectivity index (χ3v) is 1.65. The predicted molar refractivity (Wildman–Crippen MR) is 48.8 cm³/mol. The monoisotopic (exact) mass is 159 g/mol. The predicted octanol–water partition coefficient (Wildman–Crippen LogP) is 1.61. The van der Waals surface area contributed by atoms with E-state index in [4.69, 9.17) is 4.74 Å². The van der Waals surface area contributed by atoms with Crippen molar-refractivity contribution in [2.45, 2.75) is 26.9 Å². The Morgan fingerprint density at radius 3 is 2.09 bits per heavy atom. The van der Waals surface area contributed by atoms with Crippen LogP contribution in [0.15, 0.2) is 0 Å². The molecule has 0 amide bonds. The molecule has 0 spiro atoms. The van der Waals surface area contributed by atoms with Crippen LogP contribution in [-0.4, -0.2) is 38.3 Å². The lowest BCUT2D eigenvalue weighted by Gasteiger charge is -2.21. The first-order valence-electron chi connectivity index (χ1n) is 4.27. The summed E-state index contributed by atoms with van der Waals surface area (Å²) in [5, 5.41) is 0. The number of rotatable bonds is 5. The molecule has 1 atom stereocenters. The van der Waals surface area contributed by atoms with Gasteiger partial charge in [0, 0.05) is 20.2 Å². The topological polar surface area (TPSA) is 12.5 Å². The zero-order valence-electron chi connectivity index (χ0n) is 8.42. The van der Waals surface area contributed by atoms with E-state index in [1.54, 1.807) is 7.11 Å². The highest BCUT2D eigenvalue weighted by Crippen LogP contribution is 1.98. The van der Waals surface area contributed by atoms with Gasteiger partial charge < -0.3 is 9.64 Å². The summed E-state index contributed by atoms with van der Waals surface area (Å²) in [6, 6.07) is 0. The Labute approximate surface area is 70.5 Å². The van der Waals surface area contributed by atoms with Crippen molar-refractivity contribution < 1.29 is 4.74 Å². The van der Waals surface area contributed by atoms with Crippen molar-refractivity contribution in [3.63, 3.8) is 0 Å². The van der Waals surface area contributed by atoms with Crippen molar-refractivity contribution >= 4 is 0 Å². The summed E-state index contributed by atoms with van der Waals surface area (Å²) >= 11 is 0. The molecule has 0 rings (SSSR count). The lowest BCUT2D eigenvalue weighted by Crippen LogP contribution is -2.31. The molecule has 0 saturated carbocycles. The fraction of sp³-hybridized carbons (Fsp3) is 1.00. The maximum Gasteiger partial charge on any atom is 0.0669 e. The fourth-order valence-corrected chi connectivity index (χ4v) is 1.21. The Balaban J connectivity index is 3.43. The van der Waals surface area contributed by atoms with Crippen LogP contribution in [0.25, 0.3) is 0 Å². The van der Waals surface area contributed by atoms with E-state index in [1.807, 2.05) is 0 Å². The van der Waals surface area contributed by atoms with Crippen LogP contribution >= 0.6 is 0 Å². The lowest BCUT2D eigenvalue weighted by molar-refractivity contribution is 0.0824. The molecule has 0 bridgehead atoms. The molecule has 0 unspecified atom stereocenters. The second-order valence-corrected chi connectivity index (χ2v) is 3.66. The Morgan fingerprint density at radius 1 is 1.18 bits per heavy atom. The van der Waals surface area contributed by atoms with Crippen molar-refractivity contribution in [3.8, 4) is 0 Å². The van der Waals surface area contributed by atoms with Gasteiger partial charge in [0.1, 0.15) is 0 Å². The Bertz CT molecular complexity index is 93.6.